The van der Waals surface area contributed by atoms with Gasteiger partial charge in [0.15, 0.2) is 0 Å². The van der Waals surface area contributed by atoms with Crippen molar-refractivity contribution in [2.45, 2.75) is 50.8 Å². The van der Waals surface area contributed by atoms with E-state index in [1.54, 1.807) is 0 Å². The lowest BCUT2D eigenvalue weighted by Gasteiger charge is -2.26. The number of hydrogen-bond acceptors (Lipinski definition) is 2. The van der Waals surface area contributed by atoms with Crippen LogP contribution in [0.3, 0.4) is 0 Å². The molecule has 1 saturated carbocycles. The molecule has 1 aromatic rings. The summed E-state index contributed by atoms with van der Waals surface area (Å²) in [4.78, 5) is 0. The molecule has 1 aliphatic rings. The lowest BCUT2D eigenvalue weighted by molar-refractivity contribution is 0.0810. The van der Waals surface area contributed by atoms with Crippen molar-refractivity contribution >= 4 is 0 Å². The van der Waals surface area contributed by atoms with Crippen LogP contribution in [0.4, 0.5) is 0 Å². The molecule has 0 radical (unpaired) electrons. The number of rotatable bonds is 5. The second-order valence-electron chi connectivity index (χ2n) is 4.85. The Morgan fingerprint density at radius 2 is 2.06 bits per heavy atom. The second-order valence-corrected chi connectivity index (χ2v) is 4.85. The minimum Gasteiger partial charge on any atom is -0.380 e. The van der Waals surface area contributed by atoms with Crippen molar-refractivity contribution in [3.63, 3.8) is 0 Å². The fourth-order valence-electron chi connectivity index (χ4n) is 2.79. The number of hydrogen-bond donors (Lipinski definition) is 1. The summed E-state index contributed by atoms with van der Waals surface area (Å²) in [7, 11) is 1.83. The van der Waals surface area contributed by atoms with Gasteiger partial charge in [0.05, 0.1) is 6.10 Å². The summed E-state index contributed by atoms with van der Waals surface area (Å²) in [5.41, 5.74) is 1.39. The smallest absolute Gasteiger partial charge is 0.0724 e. The van der Waals surface area contributed by atoms with Crippen LogP contribution in [0.1, 0.15) is 44.2 Å². The van der Waals surface area contributed by atoms with Gasteiger partial charge in [0.2, 0.25) is 0 Å². The van der Waals surface area contributed by atoms with E-state index in [-0.39, 0.29) is 0 Å². The Labute approximate surface area is 104 Å². The maximum absolute atomic E-state index is 5.54. The Hall–Kier alpha value is -0.860. The van der Waals surface area contributed by atoms with E-state index in [4.69, 9.17) is 4.74 Å². The van der Waals surface area contributed by atoms with E-state index in [2.05, 4.69) is 42.6 Å². The summed E-state index contributed by atoms with van der Waals surface area (Å²) in [5.74, 6) is 0. The first-order chi connectivity index (χ1) is 8.35. The molecule has 3 unspecified atom stereocenters. The molecule has 1 N–H and O–H groups in total. The lowest BCUT2D eigenvalue weighted by atomic mass is 10.0. The average Bonchev–Trinajstić information content (AvgIpc) is 2.84. The van der Waals surface area contributed by atoms with E-state index >= 15 is 0 Å². The first-order valence-electron chi connectivity index (χ1n) is 6.69. The van der Waals surface area contributed by atoms with Gasteiger partial charge in [-0.1, -0.05) is 37.3 Å². The summed E-state index contributed by atoms with van der Waals surface area (Å²) in [5, 5.41) is 3.76. The highest BCUT2D eigenvalue weighted by Crippen LogP contribution is 2.25. The van der Waals surface area contributed by atoms with E-state index in [1.165, 1.54) is 24.8 Å². The Morgan fingerprint density at radius 3 is 2.71 bits per heavy atom. The van der Waals surface area contributed by atoms with Crippen LogP contribution in [0.5, 0.6) is 0 Å². The quantitative estimate of drug-likeness (QED) is 0.842. The van der Waals surface area contributed by atoms with Crippen molar-refractivity contribution in [3.8, 4) is 0 Å². The molecular weight excluding hydrogens is 210 g/mol. The number of benzene rings is 1. The van der Waals surface area contributed by atoms with Crippen LogP contribution in [-0.4, -0.2) is 19.3 Å². The monoisotopic (exact) mass is 233 g/mol. The molecule has 0 saturated heterocycles. The van der Waals surface area contributed by atoms with E-state index in [1.807, 2.05) is 7.11 Å². The van der Waals surface area contributed by atoms with E-state index in [0.29, 0.717) is 18.2 Å². The maximum Gasteiger partial charge on any atom is 0.0724 e. The standard InChI is InChI=1S/C15H23NO/c1-3-13(12-8-5-4-6-9-12)16-14-10-7-11-15(14)17-2/h4-6,8-9,13-16H,3,7,10-11H2,1-2H3. The first kappa shape index (κ1) is 12.6. The molecule has 3 atom stereocenters. The predicted molar refractivity (Wildman–Crippen MR) is 71.0 cm³/mol. The topological polar surface area (TPSA) is 21.3 Å². The Morgan fingerprint density at radius 1 is 1.29 bits per heavy atom. The lowest BCUT2D eigenvalue weighted by Crippen LogP contribution is -2.39. The van der Waals surface area contributed by atoms with Crippen LogP contribution < -0.4 is 5.32 Å². The molecule has 2 rings (SSSR count). The van der Waals surface area contributed by atoms with E-state index in [9.17, 15) is 0 Å². The van der Waals surface area contributed by atoms with Crippen molar-refractivity contribution in [1.82, 2.24) is 5.32 Å². The molecule has 2 heteroatoms. The summed E-state index contributed by atoms with van der Waals surface area (Å²) in [6.45, 7) is 2.24. The molecule has 94 valence electrons. The third kappa shape index (κ3) is 3.08. The van der Waals surface area contributed by atoms with Crippen molar-refractivity contribution in [2.75, 3.05) is 7.11 Å². The van der Waals surface area contributed by atoms with Crippen LogP contribution in [0.25, 0.3) is 0 Å². The molecule has 1 aliphatic carbocycles. The molecule has 1 aromatic carbocycles. The minimum atomic E-state index is 0.396. The zero-order valence-corrected chi connectivity index (χ0v) is 10.9. The largest absolute Gasteiger partial charge is 0.380 e. The van der Waals surface area contributed by atoms with Crippen LogP contribution in [0, 0.1) is 0 Å². The highest BCUT2D eigenvalue weighted by molar-refractivity contribution is 5.19. The fourth-order valence-corrected chi connectivity index (χ4v) is 2.79. The Bertz CT molecular complexity index is 325. The van der Waals surface area contributed by atoms with Crippen LogP contribution in [-0.2, 0) is 4.74 Å². The van der Waals surface area contributed by atoms with Gasteiger partial charge in [-0.2, -0.15) is 0 Å². The third-order valence-corrected chi connectivity index (χ3v) is 3.78. The van der Waals surface area contributed by atoms with Crippen molar-refractivity contribution < 1.29 is 4.74 Å². The molecule has 0 spiro atoms. The predicted octanol–water partition coefficient (Wildman–Crippen LogP) is 3.29. The van der Waals surface area contributed by atoms with Crippen molar-refractivity contribution in [1.29, 1.82) is 0 Å². The Balaban J connectivity index is 2.00. The number of nitrogens with one attached hydrogen (secondary N) is 1. The second kappa shape index (κ2) is 6.18. The highest BCUT2D eigenvalue weighted by Gasteiger charge is 2.28. The number of methoxy groups -OCH3 is 1. The summed E-state index contributed by atoms with van der Waals surface area (Å²) in [6, 6.07) is 11.7. The zero-order valence-electron chi connectivity index (χ0n) is 10.9. The third-order valence-electron chi connectivity index (χ3n) is 3.78. The van der Waals surface area contributed by atoms with Crippen LogP contribution in [0.15, 0.2) is 30.3 Å². The van der Waals surface area contributed by atoms with Gasteiger partial charge in [0, 0.05) is 19.2 Å². The summed E-state index contributed by atoms with van der Waals surface area (Å²) in [6.07, 6.45) is 5.23. The van der Waals surface area contributed by atoms with Gasteiger partial charge < -0.3 is 10.1 Å². The van der Waals surface area contributed by atoms with Crippen LogP contribution >= 0.6 is 0 Å². The normalized spacial score (nSPS) is 26.0. The number of ether oxygens (including phenoxy) is 1. The first-order valence-corrected chi connectivity index (χ1v) is 6.69. The fraction of sp³-hybridized carbons (Fsp3) is 0.600. The van der Waals surface area contributed by atoms with Gasteiger partial charge in [-0.05, 0) is 31.2 Å². The SMILES string of the molecule is CCC(NC1CCCC1OC)c1ccccc1. The molecule has 2 nitrogen and oxygen atoms in total. The maximum atomic E-state index is 5.54. The zero-order chi connectivity index (χ0) is 12.1. The molecule has 17 heavy (non-hydrogen) atoms. The van der Waals surface area contributed by atoms with Gasteiger partial charge in [0.1, 0.15) is 0 Å². The summed E-state index contributed by atoms with van der Waals surface area (Å²) < 4.78 is 5.54. The molecule has 0 bridgehead atoms. The van der Waals surface area contributed by atoms with E-state index in [0.717, 1.165) is 6.42 Å². The minimum absolute atomic E-state index is 0.396. The van der Waals surface area contributed by atoms with Gasteiger partial charge in [0.25, 0.3) is 0 Å². The molecule has 0 aromatic heterocycles. The summed E-state index contributed by atoms with van der Waals surface area (Å²) >= 11 is 0. The molecular formula is C15H23NO. The Kier molecular flexibility index (Phi) is 4.57. The van der Waals surface area contributed by atoms with E-state index < -0.39 is 0 Å². The van der Waals surface area contributed by atoms with Gasteiger partial charge in [-0.15, -0.1) is 0 Å². The van der Waals surface area contributed by atoms with Gasteiger partial charge in [-0.3, -0.25) is 0 Å². The van der Waals surface area contributed by atoms with Gasteiger partial charge >= 0.3 is 0 Å². The highest BCUT2D eigenvalue weighted by atomic mass is 16.5. The molecule has 0 amide bonds. The van der Waals surface area contributed by atoms with Crippen molar-refractivity contribution in [3.05, 3.63) is 35.9 Å². The molecule has 0 heterocycles. The average molecular weight is 233 g/mol. The van der Waals surface area contributed by atoms with Crippen molar-refractivity contribution in [2.24, 2.45) is 0 Å². The van der Waals surface area contributed by atoms with Crippen LogP contribution in [0.2, 0.25) is 0 Å². The van der Waals surface area contributed by atoms with Gasteiger partial charge in [-0.25, -0.2) is 0 Å². The molecule has 1 fully saturated rings. The molecule has 0 aliphatic heterocycles.